The molecule has 0 spiro atoms. The minimum absolute atomic E-state index is 0.0248. The van der Waals surface area contributed by atoms with Gasteiger partial charge in [0.05, 0.1) is 0 Å². The minimum atomic E-state index is -0.0383. The van der Waals surface area contributed by atoms with Crippen LogP contribution in [0.1, 0.15) is 27.8 Å². The van der Waals surface area contributed by atoms with Crippen molar-refractivity contribution < 1.29 is 25.5 Å². The van der Waals surface area contributed by atoms with E-state index in [4.69, 9.17) is 0 Å². The first-order valence-electron chi connectivity index (χ1n) is 8.16. The zero-order chi connectivity index (χ0) is 18.8. The minimum Gasteiger partial charge on any atom is -0.508 e. The smallest absolute Gasteiger partial charge is 0.122 e. The lowest BCUT2D eigenvalue weighted by Gasteiger charge is -2.14. The summed E-state index contributed by atoms with van der Waals surface area (Å²) >= 11 is 0. The maximum atomic E-state index is 10.7. The van der Waals surface area contributed by atoms with Crippen molar-refractivity contribution in [2.75, 3.05) is 0 Å². The van der Waals surface area contributed by atoms with Crippen LogP contribution in [-0.4, -0.2) is 25.5 Å². The van der Waals surface area contributed by atoms with Crippen LogP contribution in [0.2, 0.25) is 0 Å². The molecule has 5 nitrogen and oxygen atoms in total. The highest BCUT2D eigenvalue weighted by atomic mass is 16.3. The maximum absolute atomic E-state index is 10.7. The summed E-state index contributed by atoms with van der Waals surface area (Å²) in [6, 6.07) is 12.4. The SMILES string of the molecule is Cc1cc(Cc2ccc(O)cc2O)c(O)c(Cc2ccc(O)cc2O)c1. The molecular formula is C21H20O5. The van der Waals surface area contributed by atoms with Gasteiger partial charge in [-0.15, -0.1) is 0 Å². The number of aryl methyl sites for hydroxylation is 1. The summed E-state index contributed by atoms with van der Waals surface area (Å²) in [6.45, 7) is 1.90. The van der Waals surface area contributed by atoms with Crippen molar-refractivity contribution in [2.45, 2.75) is 19.8 Å². The molecule has 3 aromatic rings. The Morgan fingerprint density at radius 1 is 0.577 bits per heavy atom. The monoisotopic (exact) mass is 352 g/mol. The second-order valence-electron chi connectivity index (χ2n) is 6.41. The third-order valence-electron chi connectivity index (χ3n) is 4.31. The molecule has 134 valence electrons. The summed E-state index contributed by atoms with van der Waals surface area (Å²) in [5, 5.41) is 49.4. The van der Waals surface area contributed by atoms with Crippen LogP contribution in [0.5, 0.6) is 28.7 Å². The van der Waals surface area contributed by atoms with E-state index >= 15 is 0 Å². The van der Waals surface area contributed by atoms with E-state index in [1.807, 2.05) is 19.1 Å². The second kappa shape index (κ2) is 6.88. The van der Waals surface area contributed by atoms with Gasteiger partial charge in [-0.05, 0) is 41.3 Å². The van der Waals surface area contributed by atoms with E-state index in [1.54, 1.807) is 12.1 Å². The molecule has 0 aliphatic carbocycles. The molecule has 0 aliphatic rings. The Bertz CT molecular complexity index is 888. The van der Waals surface area contributed by atoms with Gasteiger partial charge in [-0.25, -0.2) is 0 Å². The van der Waals surface area contributed by atoms with Crippen molar-refractivity contribution in [3.05, 3.63) is 76.3 Å². The Kier molecular flexibility index (Phi) is 4.63. The van der Waals surface area contributed by atoms with E-state index in [0.29, 0.717) is 35.1 Å². The average molecular weight is 352 g/mol. The van der Waals surface area contributed by atoms with Crippen LogP contribution in [0, 0.1) is 6.92 Å². The van der Waals surface area contributed by atoms with Crippen LogP contribution in [-0.2, 0) is 12.8 Å². The highest BCUT2D eigenvalue weighted by molar-refractivity contribution is 5.51. The van der Waals surface area contributed by atoms with Crippen LogP contribution < -0.4 is 0 Å². The molecule has 0 radical (unpaired) electrons. The Balaban J connectivity index is 1.95. The molecular weight excluding hydrogens is 332 g/mol. The molecule has 0 heterocycles. The lowest BCUT2D eigenvalue weighted by atomic mass is 9.95. The van der Waals surface area contributed by atoms with E-state index in [1.165, 1.54) is 24.3 Å². The number of hydrogen-bond acceptors (Lipinski definition) is 5. The van der Waals surface area contributed by atoms with E-state index in [9.17, 15) is 25.5 Å². The van der Waals surface area contributed by atoms with Gasteiger partial charge in [-0.3, -0.25) is 0 Å². The zero-order valence-electron chi connectivity index (χ0n) is 14.3. The fraction of sp³-hybridized carbons (Fsp3) is 0.143. The molecule has 0 amide bonds. The lowest BCUT2D eigenvalue weighted by Crippen LogP contribution is -1.97. The Morgan fingerprint density at radius 3 is 1.38 bits per heavy atom. The van der Waals surface area contributed by atoms with Gasteiger partial charge in [0.2, 0.25) is 0 Å². The summed E-state index contributed by atoms with van der Waals surface area (Å²) in [7, 11) is 0. The summed E-state index contributed by atoms with van der Waals surface area (Å²) in [4.78, 5) is 0. The first kappa shape index (κ1) is 17.5. The number of phenols is 5. The van der Waals surface area contributed by atoms with Crippen LogP contribution in [0.4, 0.5) is 0 Å². The molecule has 0 unspecified atom stereocenters. The molecule has 0 atom stereocenters. The van der Waals surface area contributed by atoms with Gasteiger partial charge >= 0.3 is 0 Å². The number of phenolic OH excluding ortho intramolecular Hbond substituents is 5. The standard InChI is InChI=1S/C21H20O5/c1-12-6-15(8-13-2-4-17(22)10-19(13)24)21(26)16(7-12)9-14-3-5-18(23)11-20(14)25/h2-7,10-11,22-26H,8-9H2,1H3. The number of benzene rings is 3. The molecule has 0 saturated carbocycles. The fourth-order valence-electron chi connectivity index (χ4n) is 3.02. The molecule has 0 bridgehead atoms. The van der Waals surface area contributed by atoms with Crippen molar-refractivity contribution in [1.82, 2.24) is 0 Å². The highest BCUT2D eigenvalue weighted by Crippen LogP contribution is 2.33. The highest BCUT2D eigenvalue weighted by Gasteiger charge is 2.14. The Morgan fingerprint density at radius 2 is 1.00 bits per heavy atom. The third-order valence-corrected chi connectivity index (χ3v) is 4.31. The van der Waals surface area contributed by atoms with Crippen molar-refractivity contribution in [3.63, 3.8) is 0 Å². The van der Waals surface area contributed by atoms with E-state index < -0.39 is 0 Å². The lowest BCUT2D eigenvalue weighted by molar-refractivity contribution is 0.445. The quantitative estimate of drug-likeness (QED) is 0.493. The summed E-state index contributed by atoms with van der Waals surface area (Å²) in [6.07, 6.45) is 0.600. The van der Waals surface area contributed by atoms with E-state index in [-0.39, 0.29) is 28.7 Å². The molecule has 26 heavy (non-hydrogen) atoms. The van der Waals surface area contributed by atoms with Gasteiger partial charge in [0.25, 0.3) is 0 Å². The predicted octanol–water partition coefficient (Wildman–Crippen LogP) is 3.70. The van der Waals surface area contributed by atoms with E-state index in [0.717, 1.165) is 5.56 Å². The van der Waals surface area contributed by atoms with Crippen molar-refractivity contribution >= 4 is 0 Å². The molecule has 3 aromatic carbocycles. The first-order chi connectivity index (χ1) is 12.3. The number of hydrogen-bond donors (Lipinski definition) is 5. The molecule has 0 saturated heterocycles. The molecule has 5 heteroatoms. The van der Waals surface area contributed by atoms with Crippen LogP contribution in [0.25, 0.3) is 0 Å². The third kappa shape index (κ3) is 3.67. The van der Waals surface area contributed by atoms with Crippen LogP contribution in [0.3, 0.4) is 0 Å². The van der Waals surface area contributed by atoms with Gasteiger partial charge < -0.3 is 25.5 Å². The predicted molar refractivity (Wildman–Crippen MR) is 98.0 cm³/mol. The molecule has 5 N–H and O–H groups in total. The number of aromatic hydroxyl groups is 5. The summed E-state index contributed by atoms with van der Waals surface area (Å²) < 4.78 is 0. The largest absolute Gasteiger partial charge is 0.508 e. The summed E-state index contributed by atoms with van der Waals surface area (Å²) in [5.74, 6) is -0.0331. The molecule has 0 fully saturated rings. The average Bonchev–Trinajstić information content (AvgIpc) is 2.56. The normalized spacial score (nSPS) is 10.8. The Hall–Kier alpha value is -3.34. The van der Waals surface area contributed by atoms with E-state index in [2.05, 4.69) is 0 Å². The van der Waals surface area contributed by atoms with Crippen molar-refractivity contribution in [3.8, 4) is 28.7 Å². The summed E-state index contributed by atoms with van der Waals surface area (Å²) in [5.41, 5.74) is 3.38. The maximum Gasteiger partial charge on any atom is 0.122 e. The molecule has 0 aliphatic heterocycles. The zero-order valence-corrected chi connectivity index (χ0v) is 14.3. The van der Waals surface area contributed by atoms with Gasteiger partial charge in [0, 0.05) is 25.0 Å². The molecule has 3 rings (SSSR count). The van der Waals surface area contributed by atoms with Gasteiger partial charge in [-0.1, -0.05) is 29.8 Å². The van der Waals surface area contributed by atoms with Gasteiger partial charge in [0.15, 0.2) is 0 Å². The van der Waals surface area contributed by atoms with Gasteiger partial charge in [-0.2, -0.15) is 0 Å². The Labute approximate surface area is 151 Å². The second-order valence-corrected chi connectivity index (χ2v) is 6.41. The van der Waals surface area contributed by atoms with Crippen molar-refractivity contribution in [1.29, 1.82) is 0 Å². The topological polar surface area (TPSA) is 101 Å². The van der Waals surface area contributed by atoms with Crippen LogP contribution in [0.15, 0.2) is 48.5 Å². The van der Waals surface area contributed by atoms with Crippen LogP contribution >= 0.6 is 0 Å². The number of rotatable bonds is 4. The van der Waals surface area contributed by atoms with Crippen molar-refractivity contribution in [2.24, 2.45) is 0 Å². The fourth-order valence-corrected chi connectivity index (χ4v) is 3.02. The first-order valence-corrected chi connectivity index (χ1v) is 8.16. The molecule has 0 aromatic heterocycles. The van der Waals surface area contributed by atoms with Gasteiger partial charge in [0.1, 0.15) is 28.7 Å².